The van der Waals surface area contributed by atoms with Crippen molar-refractivity contribution in [2.24, 2.45) is 0 Å². The van der Waals surface area contributed by atoms with Gasteiger partial charge in [0, 0.05) is 25.0 Å². The third kappa shape index (κ3) is 2.71. The number of hydrogen-bond donors (Lipinski definition) is 2. The van der Waals surface area contributed by atoms with Crippen LogP contribution in [0.3, 0.4) is 0 Å². The van der Waals surface area contributed by atoms with E-state index in [9.17, 15) is 9.59 Å². The van der Waals surface area contributed by atoms with Crippen molar-refractivity contribution in [3.05, 3.63) is 52.2 Å². The summed E-state index contributed by atoms with van der Waals surface area (Å²) in [5.41, 5.74) is 4.83. The van der Waals surface area contributed by atoms with Crippen LogP contribution in [0.1, 0.15) is 28.1 Å². The van der Waals surface area contributed by atoms with Crippen molar-refractivity contribution in [2.75, 3.05) is 0 Å². The fourth-order valence-electron chi connectivity index (χ4n) is 2.24. The number of carboxylic acid groups (broad SMARTS) is 1. The molecule has 0 spiro atoms. The standard InChI is InChI=1S/C15H12N2O3S/c18-14-8-7-12(13-2-1-9-21-13)17(16-14)11-5-3-10(4-6-11)15(19)20/h1-6,9H,7-8H2,(H-,16,18,19,20)/p+1. The van der Waals surface area contributed by atoms with Crippen molar-refractivity contribution in [1.82, 2.24) is 5.43 Å². The van der Waals surface area contributed by atoms with Gasteiger partial charge in [0.1, 0.15) is 0 Å². The summed E-state index contributed by atoms with van der Waals surface area (Å²) in [6, 6.07) is 10.4. The molecule has 0 saturated heterocycles. The van der Waals surface area contributed by atoms with E-state index in [1.165, 1.54) is 12.1 Å². The minimum Gasteiger partial charge on any atom is -0.478 e. The first-order chi connectivity index (χ1) is 10.1. The molecule has 2 heterocycles. The third-order valence-electron chi connectivity index (χ3n) is 3.27. The summed E-state index contributed by atoms with van der Waals surface area (Å²) in [5.74, 6) is -1.01. The normalized spacial score (nSPS) is 15.0. The lowest BCUT2D eigenvalue weighted by atomic mass is 10.1. The van der Waals surface area contributed by atoms with Crippen LogP contribution in [0, 0.1) is 0 Å². The lowest BCUT2D eigenvalue weighted by Gasteiger charge is -2.13. The summed E-state index contributed by atoms with van der Waals surface area (Å²) in [6.45, 7) is 0. The van der Waals surface area contributed by atoms with Gasteiger partial charge in [-0.05, 0) is 23.6 Å². The number of benzene rings is 1. The largest absolute Gasteiger partial charge is 0.478 e. The lowest BCUT2D eigenvalue weighted by Crippen LogP contribution is -2.40. The average Bonchev–Trinajstić information content (AvgIpc) is 3.01. The minimum atomic E-state index is -0.966. The van der Waals surface area contributed by atoms with Crippen LogP contribution in [0.15, 0.2) is 41.8 Å². The number of aromatic carboxylic acids is 1. The molecule has 106 valence electrons. The fraction of sp³-hybridized carbons (Fsp3) is 0.133. The van der Waals surface area contributed by atoms with Crippen LogP contribution in [0.2, 0.25) is 0 Å². The van der Waals surface area contributed by atoms with Gasteiger partial charge >= 0.3 is 5.97 Å². The molecule has 0 unspecified atom stereocenters. The molecule has 21 heavy (non-hydrogen) atoms. The van der Waals surface area contributed by atoms with E-state index in [4.69, 9.17) is 5.11 Å². The van der Waals surface area contributed by atoms with Crippen molar-refractivity contribution < 1.29 is 19.4 Å². The number of hydrazine groups is 1. The molecule has 0 bridgehead atoms. The number of thiophene rings is 1. The Hall–Kier alpha value is -2.47. The Bertz CT molecular complexity index is 718. The van der Waals surface area contributed by atoms with Gasteiger partial charge in [-0.1, -0.05) is 10.8 Å². The highest BCUT2D eigenvalue weighted by Gasteiger charge is 2.29. The van der Waals surface area contributed by atoms with Crippen LogP contribution in [0.4, 0.5) is 5.69 Å². The van der Waals surface area contributed by atoms with Crippen LogP contribution >= 0.6 is 11.3 Å². The quantitative estimate of drug-likeness (QED) is 0.855. The van der Waals surface area contributed by atoms with Crippen LogP contribution in [-0.4, -0.2) is 27.4 Å². The zero-order chi connectivity index (χ0) is 14.8. The predicted octanol–water partition coefficient (Wildman–Crippen LogP) is 2.40. The molecular weight excluding hydrogens is 288 g/mol. The Morgan fingerprint density at radius 3 is 2.57 bits per heavy atom. The van der Waals surface area contributed by atoms with Gasteiger partial charge in [-0.2, -0.15) is 0 Å². The highest BCUT2D eigenvalue weighted by molar-refractivity contribution is 7.12. The number of hydrazone groups is 1. The highest BCUT2D eigenvalue weighted by Crippen LogP contribution is 2.21. The van der Waals surface area contributed by atoms with Crippen molar-refractivity contribution in [3.63, 3.8) is 0 Å². The molecule has 1 aliphatic heterocycles. The Balaban J connectivity index is 2.06. The average molecular weight is 301 g/mol. The molecule has 1 aromatic heterocycles. The molecule has 5 nitrogen and oxygen atoms in total. The van der Waals surface area contributed by atoms with Crippen LogP contribution in [-0.2, 0) is 4.79 Å². The maximum Gasteiger partial charge on any atom is 0.335 e. The monoisotopic (exact) mass is 301 g/mol. The van der Waals surface area contributed by atoms with E-state index >= 15 is 0 Å². The Kier molecular flexibility index (Phi) is 3.53. The lowest BCUT2D eigenvalue weighted by molar-refractivity contribution is -0.496. The van der Waals surface area contributed by atoms with Gasteiger partial charge in [-0.25, -0.2) is 4.79 Å². The van der Waals surface area contributed by atoms with E-state index in [1.807, 2.05) is 17.5 Å². The second-order valence-electron chi connectivity index (χ2n) is 4.65. The van der Waals surface area contributed by atoms with Gasteiger partial charge < -0.3 is 5.11 Å². The molecule has 1 aliphatic rings. The first-order valence-corrected chi connectivity index (χ1v) is 7.36. The van der Waals surface area contributed by atoms with Gasteiger partial charge in [0.25, 0.3) is 5.91 Å². The molecule has 1 amide bonds. The molecule has 0 aliphatic carbocycles. The molecule has 0 saturated carbocycles. The van der Waals surface area contributed by atoms with E-state index in [2.05, 4.69) is 5.43 Å². The molecule has 0 atom stereocenters. The number of carboxylic acids is 1. The SMILES string of the molecule is O=C1CCC(c2cccs2)=[N+](c2ccc(C(=O)O)cc2)N1. The van der Waals surface area contributed by atoms with Crippen molar-refractivity contribution in [1.29, 1.82) is 0 Å². The predicted molar refractivity (Wildman–Crippen MR) is 79.1 cm³/mol. The van der Waals surface area contributed by atoms with Crippen LogP contribution in [0.5, 0.6) is 0 Å². The maximum atomic E-state index is 11.7. The molecular formula is C15H13N2O3S+. The van der Waals surface area contributed by atoms with Crippen molar-refractivity contribution in [3.8, 4) is 0 Å². The summed E-state index contributed by atoms with van der Waals surface area (Å²) in [5, 5.41) is 10.9. The number of carbonyl (C=O) groups excluding carboxylic acids is 1. The van der Waals surface area contributed by atoms with Gasteiger partial charge in [-0.15, -0.1) is 16.8 Å². The minimum absolute atomic E-state index is 0.0439. The Morgan fingerprint density at radius 2 is 1.95 bits per heavy atom. The van der Waals surface area contributed by atoms with E-state index in [0.29, 0.717) is 12.8 Å². The van der Waals surface area contributed by atoms with Gasteiger partial charge in [0.2, 0.25) is 11.4 Å². The van der Waals surface area contributed by atoms with Crippen LogP contribution in [0.25, 0.3) is 0 Å². The summed E-state index contributed by atoms with van der Waals surface area (Å²) in [7, 11) is 0. The van der Waals surface area contributed by atoms with Gasteiger partial charge in [0.15, 0.2) is 0 Å². The van der Waals surface area contributed by atoms with E-state index in [0.717, 1.165) is 16.3 Å². The van der Waals surface area contributed by atoms with E-state index in [-0.39, 0.29) is 11.5 Å². The molecule has 0 fully saturated rings. The molecule has 0 radical (unpaired) electrons. The first-order valence-electron chi connectivity index (χ1n) is 6.48. The summed E-state index contributed by atoms with van der Waals surface area (Å²) in [4.78, 5) is 23.7. The summed E-state index contributed by atoms with van der Waals surface area (Å²) >= 11 is 1.61. The fourth-order valence-corrected chi connectivity index (χ4v) is 3.03. The Morgan fingerprint density at radius 1 is 1.19 bits per heavy atom. The second-order valence-corrected chi connectivity index (χ2v) is 5.59. The number of hydrogen-bond acceptors (Lipinski definition) is 3. The maximum absolute atomic E-state index is 11.7. The zero-order valence-electron chi connectivity index (χ0n) is 11.1. The summed E-state index contributed by atoms with van der Waals surface area (Å²) < 4.78 is 1.74. The molecule has 6 heteroatoms. The molecule has 2 aromatic rings. The number of nitrogens with zero attached hydrogens (tertiary/aromatic N) is 1. The zero-order valence-corrected chi connectivity index (χ0v) is 11.9. The molecule has 2 N–H and O–H groups in total. The number of amides is 1. The van der Waals surface area contributed by atoms with Crippen molar-refractivity contribution >= 4 is 34.6 Å². The highest BCUT2D eigenvalue weighted by atomic mass is 32.1. The topological polar surface area (TPSA) is 69.4 Å². The van der Waals surface area contributed by atoms with Gasteiger partial charge in [0.05, 0.1) is 10.4 Å². The van der Waals surface area contributed by atoms with Crippen LogP contribution < -0.4 is 5.43 Å². The third-order valence-corrected chi connectivity index (χ3v) is 4.19. The van der Waals surface area contributed by atoms with Gasteiger partial charge in [-0.3, -0.25) is 4.79 Å². The Labute approximate surface area is 125 Å². The summed E-state index contributed by atoms with van der Waals surface area (Å²) in [6.07, 6.45) is 1.12. The number of nitrogens with one attached hydrogen (secondary N) is 1. The molecule has 3 rings (SSSR count). The van der Waals surface area contributed by atoms with E-state index < -0.39 is 5.97 Å². The van der Waals surface area contributed by atoms with Crippen molar-refractivity contribution in [2.45, 2.75) is 12.8 Å². The molecule has 1 aromatic carbocycles. The second kappa shape index (κ2) is 5.49. The van der Waals surface area contributed by atoms with E-state index in [1.54, 1.807) is 28.2 Å². The first kappa shape index (κ1) is 13.5. The smallest absolute Gasteiger partial charge is 0.335 e. The number of carbonyl (C=O) groups is 2. The number of rotatable bonds is 3.